The molecule has 14 nitrogen and oxygen atoms in total. The number of carbonyl (C=O) groups is 3. The number of aliphatic hydroxyl groups excluding tert-OH is 3. The molecule has 2 aromatic carbocycles. The summed E-state index contributed by atoms with van der Waals surface area (Å²) in [6.45, 7) is 46.4. The number of ketones is 3. The Hall–Kier alpha value is -2.94. The monoisotopic (exact) mass is 1770 g/mol. The van der Waals surface area contributed by atoms with E-state index in [-0.39, 0.29) is 146 Å². The van der Waals surface area contributed by atoms with Crippen molar-refractivity contribution in [2.24, 2.45) is 138 Å². The summed E-state index contributed by atoms with van der Waals surface area (Å²) < 4.78 is 120. The molecule has 0 amide bonds. The van der Waals surface area contributed by atoms with E-state index in [9.17, 15) is 56.8 Å². The molecule has 9 saturated carbocycles. The van der Waals surface area contributed by atoms with Crippen LogP contribution in [0.4, 0.5) is 0 Å². The van der Waals surface area contributed by atoms with E-state index >= 15 is 0 Å². The molecular weight excluding hydrogens is 1570 g/mol. The van der Waals surface area contributed by atoms with Crippen LogP contribution in [0.25, 0.3) is 0 Å². The molecule has 4 unspecified atom stereocenters. The van der Waals surface area contributed by atoms with Gasteiger partial charge in [-0.2, -0.15) is 0 Å². The first-order chi connectivity index (χ1) is 61.3. The van der Waals surface area contributed by atoms with E-state index < -0.39 is 53.2 Å². The molecule has 17 heteroatoms. The Kier molecular flexibility index (Phi) is 30.0. The summed E-state index contributed by atoms with van der Waals surface area (Å²) in [7, 11) is -6.07. The van der Waals surface area contributed by atoms with Crippen LogP contribution in [-0.4, -0.2) is 148 Å². The van der Waals surface area contributed by atoms with Gasteiger partial charge in [0.2, 0.25) is 0 Å². The fourth-order valence-corrected chi connectivity index (χ4v) is 32.2. The van der Waals surface area contributed by atoms with Crippen LogP contribution in [0.3, 0.4) is 0 Å². The van der Waals surface area contributed by atoms with Gasteiger partial charge in [0.1, 0.15) is 17.3 Å². The van der Waals surface area contributed by atoms with Crippen LogP contribution < -0.4 is 0 Å². The average Bonchev–Trinajstić information content (AvgIpc) is 1.64. The van der Waals surface area contributed by atoms with E-state index in [0.29, 0.717) is 106 Å². The van der Waals surface area contributed by atoms with Gasteiger partial charge in [0.25, 0.3) is 0 Å². The van der Waals surface area contributed by atoms with Gasteiger partial charge in [0.15, 0.2) is 19.7 Å². The molecule has 1 saturated heterocycles. The molecule has 15 rings (SSSR count). The van der Waals surface area contributed by atoms with Crippen molar-refractivity contribution < 1.29 is 88.7 Å². The summed E-state index contributed by atoms with van der Waals surface area (Å²) >= 11 is 0. The maximum atomic E-state index is 14.3. The SMILES string of the molecule is C.C.CC(C)(C)C1CO1.CC[C@]1(O)CC[C@@]2(C)C(=CC[C@H]3[C@@H]4CC[C@H]([C@H](C)C(CC(O)C(C)(C)C)S(=O)(=O)c5ccccc5)[C@@]4(C)CC(=O)[C@@H]32)C1.CC[C@]1(O)CC[C@@]2(C)C(=CC[C@H]3[C@@H]4CC[C@H]([C@H](C)CCC(O)C(C)(C)C)[C@@]4(C)CC(=O)[C@@H]32)C1.CC[C@]1(O)CC[C@@]2(C)C(=CC[C@H]3[C@@H]4CC[C@H]([C@H](C)CS(=O)(=O)c5ccccc5)[C@@]4(C)CC(=O)[C@@H]32)C1.CO.[2HH].[2H][2H].[2H][2H].[2H][2H].[2H][2H].[2H][2H].[2H][2H].[H-].[H-].[Mg+2]. The molecule has 704 valence electrons. The third-order valence-electron chi connectivity index (χ3n) is 36.3. The van der Waals surface area contributed by atoms with Crippen molar-refractivity contribution in [3.63, 3.8) is 0 Å². The molecule has 0 spiro atoms. The van der Waals surface area contributed by atoms with Crippen molar-refractivity contribution in [2.75, 3.05) is 19.5 Å². The van der Waals surface area contributed by atoms with E-state index in [1.165, 1.54) is 29.6 Å². The minimum absolute atomic E-state index is 0. The van der Waals surface area contributed by atoms with Crippen LogP contribution in [-0.2, 0) is 38.8 Å². The summed E-state index contributed by atoms with van der Waals surface area (Å²) in [5.41, 5.74) is 1.31. The largest absolute Gasteiger partial charge is 2.00 e. The number of sulfone groups is 2. The first kappa shape index (κ1) is 95.2. The Morgan fingerprint density at radius 1 is 0.484 bits per heavy atom. The second-order valence-corrected chi connectivity index (χ2v) is 50.4. The molecule has 2 aromatic rings. The standard InChI is InChI=1S/C36H54O5S.C30H42O4S.C30H50O3.C6H12O.CH4O.2CH4.Mg.7H2.2H/c1-8-36(39)19-18-34(6)24(21-36)14-15-26-28-17-16-27(35(28,7)22-29(37)32(26)34)23(2)30(20-31(38)33(3,4)5)42(40,41)25-12-10-9-11-13-25;1-5-30(32)16-15-28(3)21(17-30)11-12-23-25-14-13-24(29(25,4)18-26(31)27(23)28)20(2)19-35(33,34)22-9-7-6-8-10-22;1-8-30(33)16-15-28(6)20(17-30)10-11-21-23-13-12-22(29(23,7)18-24(31)26(21)28)19(2)9-14-25(32)27(3,4)5;1-6(2,3)5-4-7-5;1-2;;;;;;;;;;;;/h9-14,23,26-28,30-32,38-39H,8,15-22H2,1-7H3;6-11,20,23-25,27,32H,5,12-19H2,1-4H3;10,19,21-23,25-26,32-33H,8-9,11-18H2,1-7H3;5H,4H2,1-3H3;2H,1H3;2*1H4;;7*1H;;/q;;;;;;;+2;;;;;;;;2*-1/t23-,26-,27+,28-,30?,31?,32+,34-,35+,36-;20-,23+,24-,25+,27-,28+,29-,30+;19-,21+,22-,23+,25?,26-,28+,29-,30+;;;;;;;;;;;;;;/m011............../s1/i;;;;;;;;6*1+1D;1+1;;. The molecule has 1 aliphatic heterocycles. The van der Waals surface area contributed by atoms with Gasteiger partial charge in [-0.25, -0.2) is 16.8 Å². The first-order valence-corrected chi connectivity index (χ1v) is 50.3. The maximum Gasteiger partial charge on any atom is 2.00 e. The maximum absolute atomic E-state index is 14.3. The molecule has 28 atom stereocenters. The average molecular weight is 1770 g/mol. The molecule has 0 radical (unpaired) electrons. The molecule has 1 heterocycles. The first-order valence-electron chi connectivity index (χ1n) is 53.1. The number of rotatable bonds is 17. The fraction of sp³-hybridized carbons (Fsp3) is 0.800. The zero-order valence-corrected chi connectivity index (χ0v) is 81.5. The summed E-state index contributed by atoms with van der Waals surface area (Å²) in [5.74, 6) is 5.31. The van der Waals surface area contributed by atoms with Crippen LogP contribution in [0.1, 0.15) is 356 Å². The van der Waals surface area contributed by atoms with Gasteiger partial charge in [-0.05, 0) is 298 Å². The van der Waals surface area contributed by atoms with Crippen LogP contribution >= 0.6 is 0 Å². The van der Waals surface area contributed by atoms with Crippen molar-refractivity contribution in [3.05, 3.63) is 95.6 Å². The quantitative estimate of drug-likeness (QED) is 0.0490. The normalized spacial score (nSPS) is 39.8. The summed E-state index contributed by atoms with van der Waals surface area (Å²) in [5, 5.41) is 61.1. The van der Waals surface area contributed by atoms with E-state index in [1.54, 1.807) is 48.5 Å². The Labute approximate surface area is 780 Å². The number of hydrogen-bond acceptors (Lipinski definition) is 14. The van der Waals surface area contributed by atoms with Crippen LogP contribution in [0.2, 0.25) is 0 Å². The number of fused-ring (bicyclic) bond motifs is 15. The van der Waals surface area contributed by atoms with Gasteiger partial charge >= 0.3 is 23.1 Å². The summed E-state index contributed by atoms with van der Waals surface area (Å²) in [4.78, 5) is 42.8. The second-order valence-electron chi connectivity index (χ2n) is 46.2. The van der Waals surface area contributed by atoms with Crippen molar-refractivity contribution in [1.82, 2.24) is 0 Å². The van der Waals surface area contributed by atoms with Crippen LogP contribution in [0, 0.1) is 138 Å². The molecule has 122 heavy (non-hydrogen) atoms. The Morgan fingerprint density at radius 3 is 1.13 bits per heavy atom. The van der Waals surface area contributed by atoms with Crippen molar-refractivity contribution in [1.29, 1.82) is 0 Å². The van der Waals surface area contributed by atoms with Gasteiger partial charge in [0.05, 0.1) is 62.5 Å². The molecule has 6 N–H and O–H groups in total. The second kappa shape index (κ2) is 38.5. The topological polar surface area (TPSA) is 253 Å². The Balaban J connectivity index is 0. The summed E-state index contributed by atoms with van der Waals surface area (Å²) in [6, 6.07) is 17.5. The van der Waals surface area contributed by atoms with E-state index in [4.69, 9.17) is 27.7 Å². The van der Waals surface area contributed by atoms with Gasteiger partial charge in [0, 0.05) is 63.4 Å². The number of allylic oxidation sites excluding steroid dienone is 3. The molecule has 0 bridgehead atoms. The minimum Gasteiger partial charge on any atom is -1.00 e. The number of epoxide rings is 1. The van der Waals surface area contributed by atoms with Crippen molar-refractivity contribution in [3.8, 4) is 0 Å². The molecule has 0 aromatic heterocycles. The van der Waals surface area contributed by atoms with Crippen molar-refractivity contribution >= 4 is 60.1 Å². The van der Waals surface area contributed by atoms with Gasteiger partial charge in [-0.1, -0.05) is 232 Å². The smallest absolute Gasteiger partial charge is 1.00 e. The molecular formula is C105H186MgO14S2. The third-order valence-corrected chi connectivity index (χ3v) is 40.6. The molecule has 13 aliphatic rings. The predicted molar refractivity (Wildman–Crippen MR) is 514 cm³/mol. The number of aliphatic hydroxyl groups is 6. The Morgan fingerprint density at radius 2 is 0.811 bits per heavy atom. The van der Waals surface area contributed by atoms with E-state index in [1.807, 2.05) is 32.9 Å². The van der Waals surface area contributed by atoms with Gasteiger partial charge in [-0.3, -0.25) is 14.4 Å². The van der Waals surface area contributed by atoms with E-state index in [0.717, 1.165) is 142 Å². The van der Waals surface area contributed by atoms with Crippen molar-refractivity contribution in [2.45, 2.75) is 384 Å². The molecule has 12 aliphatic carbocycles. The number of Topliss-reactive ketones (excluding diaryl/α,β-unsaturated/α-hetero) is 3. The summed E-state index contributed by atoms with van der Waals surface area (Å²) in [6.07, 6.45) is 29.3. The zero-order valence-electron chi connectivity index (χ0n) is 92.5. The third kappa shape index (κ3) is 20.1. The van der Waals surface area contributed by atoms with Crippen LogP contribution in [0.5, 0.6) is 0 Å². The fourth-order valence-electron chi connectivity index (χ4n) is 28.4. The number of benzene rings is 2. The molecule has 10 fully saturated rings. The number of ether oxygens (including phenoxy) is 1. The van der Waals surface area contributed by atoms with Gasteiger partial charge < -0.3 is 38.2 Å². The minimum atomic E-state index is -3.71. The predicted octanol–water partition coefficient (Wildman–Crippen LogP) is 23.7. The zero-order chi connectivity index (χ0) is 100.0. The van der Waals surface area contributed by atoms with Crippen LogP contribution in [0.15, 0.2) is 105 Å². The number of carbonyl (C=O) groups excluding carboxylic acids is 3. The number of hydrogen-bond donors (Lipinski definition) is 6. The van der Waals surface area contributed by atoms with E-state index in [2.05, 4.69) is 143 Å². The van der Waals surface area contributed by atoms with Gasteiger partial charge in [-0.15, -0.1) is 0 Å². The Bertz CT molecular complexity index is 4310.